The fraction of sp³-hybridized carbons (Fsp3) is 0.850. The molecular formula is C20H31NO4. The predicted octanol–water partition coefficient (Wildman–Crippen LogP) is 2.54. The number of hydrogen-bond donors (Lipinski definition) is 0. The molecule has 5 nitrogen and oxygen atoms in total. The van der Waals surface area contributed by atoms with E-state index in [0.717, 1.165) is 71.3 Å². The van der Waals surface area contributed by atoms with Crippen LogP contribution in [0.15, 0.2) is 12.2 Å². The number of likely N-dealkylation sites (tertiary alicyclic amines) is 1. The zero-order chi connectivity index (χ0) is 17.1. The molecule has 140 valence electrons. The number of amides is 1. The lowest BCUT2D eigenvalue weighted by atomic mass is 9.98. The summed E-state index contributed by atoms with van der Waals surface area (Å²) in [6, 6.07) is 0.292. The molecule has 4 aliphatic rings. The zero-order valence-corrected chi connectivity index (χ0v) is 15.1. The molecule has 25 heavy (non-hydrogen) atoms. The average Bonchev–Trinajstić information content (AvgIpc) is 3.32. The van der Waals surface area contributed by atoms with Crippen LogP contribution in [0.3, 0.4) is 0 Å². The van der Waals surface area contributed by atoms with Gasteiger partial charge in [0.1, 0.15) is 0 Å². The lowest BCUT2D eigenvalue weighted by Crippen LogP contribution is -2.47. The maximum absolute atomic E-state index is 12.7. The Labute approximate surface area is 150 Å². The second-order valence-corrected chi connectivity index (χ2v) is 7.99. The van der Waals surface area contributed by atoms with E-state index in [2.05, 4.69) is 17.1 Å². The average molecular weight is 349 g/mol. The van der Waals surface area contributed by atoms with Gasteiger partial charge in [-0.3, -0.25) is 4.79 Å². The smallest absolute Gasteiger partial charge is 0.226 e. The highest BCUT2D eigenvalue weighted by molar-refractivity contribution is 5.80. The Morgan fingerprint density at radius 3 is 2.64 bits per heavy atom. The standard InChI is InChI=1S/C20H31NO4/c22-20(16-3-1-2-4-16)21-10-7-19-18(21)6-5-17(25-19)14-24-13-15-8-11-23-12-9-15/h1-2,15-19H,3-14H2/t17-,18+,19+/m1/s1. The lowest BCUT2D eigenvalue weighted by Gasteiger charge is -2.37. The number of ether oxygens (including phenoxy) is 3. The normalized spacial score (nSPS) is 33.8. The van der Waals surface area contributed by atoms with Crippen molar-refractivity contribution in [2.45, 2.75) is 63.2 Å². The summed E-state index contributed by atoms with van der Waals surface area (Å²) in [7, 11) is 0. The van der Waals surface area contributed by atoms with Crippen molar-refractivity contribution in [3.63, 3.8) is 0 Å². The van der Waals surface area contributed by atoms with Crippen molar-refractivity contribution >= 4 is 5.91 Å². The van der Waals surface area contributed by atoms with Crippen molar-refractivity contribution in [1.29, 1.82) is 0 Å². The molecule has 1 amide bonds. The van der Waals surface area contributed by atoms with Crippen molar-refractivity contribution < 1.29 is 19.0 Å². The molecule has 3 atom stereocenters. The third-order valence-corrected chi connectivity index (χ3v) is 6.27. The number of hydrogen-bond acceptors (Lipinski definition) is 4. The van der Waals surface area contributed by atoms with Crippen LogP contribution >= 0.6 is 0 Å². The van der Waals surface area contributed by atoms with E-state index in [-0.39, 0.29) is 18.1 Å². The van der Waals surface area contributed by atoms with Crippen molar-refractivity contribution in [3.8, 4) is 0 Å². The van der Waals surface area contributed by atoms with Crippen LogP contribution in [0, 0.1) is 11.8 Å². The van der Waals surface area contributed by atoms with Gasteiger partial charge in [-0.25, -0.2) is 0 Å². The van der Waals surface area contributed by atoms with Crippen molar-refractivity contribution in [2.24, 2.45) is 11.8 Å². The summed E-state index contributed by atoms with van der Waals surface area (Å²) in [5.41, 5.74) is 0. The monoisotopic (exact) mass is 349 g/mol. The van der Waals surface area contributed by atoms with Crippen LogP contribution in [-0.2, 0) is 19.0 Å². The van der Waals surface area contributed by atoms with E-state index in [1.165, 1.54) is 0 Å². The molecule has 0 aromatic carbocycles. The Balaban J connectivity index is 1.21. The van der Waals surface area contributed by atoms with Gasteiger partial charge in [0, 0.05) is 32.3 Å². The first-order chi connectivity index (χ1) is 12.3. The van der Waals surface area contributed by atoms with Gasteiger partial charge in [0.25, 0.3) is 0 Å². The van der Waals surface area contributed by atoms with Crippen molar-refractivity contribution in [2.75, 3.05) is 33.0 Å². The largest absolute Gasteiger partial charge is 0.381 e. The molecule has 0 N–H and O–H groups in total. The van der Waals surface area contributed by atoms with Crippen LogP contribution in [0.4, 0.5) is 0 Å². The van der Waals surface area contributed by atoms with E-state index in [9.17, 15) is 4.79 Å². The first-order valence-corrected chi connectivity index (χ1v) is 10.1. The van der Waals surface area contributed by atoms with Gasteiger partial charge in [-0.05, 0) is 50.9 Å². The Hall–Kier alpha value is -0.910. The third-order valence-electron chi connectivity index (χ3n) is 6.27. The van der Waals surface area contributed by atoms with Gasteiger partial charge in [0.2, 0.25) is 5.91 Å². The highest BCUT2D eigenvalue weighted by atomic mass is 16.5. The van der Waals surface area contributed by atoms with Gasteiger partial charge < -0.3 is 19.1 Å². The highest BCUT2D eigenvalue weighted by Gasteiger charge is 2.43. The summed E-state index contributed by atoms with van der Waals surface area (Å²) < 4.78 is 17.6. The number of rotatable bonds is 5. The molecule has 0 unspecified atom stereocenters. The minimum atomic E-state index is 0.180. The van der Waals surface area contributed by atoms with E-state index in [4.69, 9.17) is 14.2 Å². The van der Waals surface area contributed by atoms with E-state index in [1.807, 2.05) is 0 Å². The topological polar surface area (TPSA) is 48.0 Å². The predicted molar refractivity (Wildman–Crippen MR) is 94.2 cm³/mol. The first kappa shape index (κ1) is 17.5. The van der Waals surface area contributed by atoms with Crippen LogP contribution in [0.1, 0.15) is 44.9 Å². The fourth-order valence-electron chi connectivity index (χ4n) is 4.73. The second kappa shape index (κ2) is 8.19. The molecule has 0 spiro atoms. The van der Waals surface area contributed by atoms with Crippen LogP contribution in [0.5, 0.6) is 0 Å². The minimum Gasteiger partial charge on any atom is -0.381 e. The molecule has 5 heteroatoms. The van der Waals surface area contributed by atoms with Crippen LogP contribution < -0.4 is 0 Å². The second-order valence-electron chi connectivity index (χ2n) is 7.99. The van der Waals surface area contributed by atoms with Crippen LogP contribution in [0.25, 0.3) is 0 Å². The molecule has 4 rings (SSSR count). The number of carbonyl (C=O) groups is 1. The maximum atomic E-state index is 12.7. The van der Waals surface area contributed by atoms with E-state index in [0.29, 0.717) is 24.5 Å². The quantitative estimate of drug-likeness (QED) is 0.716. The number of fused-ring (bicyclic) bond motifs is 1. The van der Waals surface area contributed by atoms with Gasteiger partial charge in [0.05, 0.1) is 24.9 Å². The molecule has 0 aromatic rings. The Morgan fingerprint density at radius 1 is 1.04 bits per heavy atom. The Kier molecular flexibility index (Phi) is 5.73. The summed E-state index contributed by atoms with van der Waals surface area (Å²) in [5, 5.41) is 0. The Morgan fingerprint density at radius 2 is 1.84 bits per heavy atom. The molecular weight excluding hydrogens is 318 g/mol. The molecule has 0 radical (unpaired) electrons. The molecule has 3 aliphatic heterocycles. The molecule has 3 fully saturated rings. The summed E-state index contributed by atoms with van der Waals surface area (Å²) in [6.07, 6.45) is 11.8. The maximum Gasteiger partial charge on any atom is 0.226 e. The number of carbonyl (C=O) groups excluding carboxylic acids is 1. The minimum absolute atomic E-state index is 0.180. The van der Waals surface area contributed by atoms with Crippen LogP contribution in [-0.4, -0.2) is 62.0 Å². The number of nitrogens with zero attached hydrogens (tertiary/aromatic N) is 1. The lowest BCUT2D eigenvalue weighted by molar-refractivity contribution is -0.143. The van der Waals surface area contributed by atoms with E-state index < -0.39 is 0 Å². The summed E-state index contributed by atoms with van der Waals surface area (Å²) >= 11 is 0. The van der Waals surface area contributed by atoms with Gasteiger partial charge >= 0.3 is 0 Å². The van der Waals surface area contributed by atoms with Gasteiger partial charge in [-0.15, -0.1) is 0 Å². The summed E-state index contributed by atoms with van der Waals surface area (Å²) in [6.45, 7) is 4.13. The van der Waals surface area contributed by atoms with Crippen LogP contribution in [0.2, 0.25) is 0 Å². The zero-order valence-electron chi connectivity index (χ0n) is 15.1. The molecule has 3 saturated heterocycles. The molecule has 3 heterocycles. The third kappa shape index (κ3) is 4.09. The van der Waals surface area contributed by atoms with E-state index >= 15 is 0 Å². The van der Waals surface area contributed by atoms with Crippen molar-refractivity contribution in [1.82, 2.24) is 4.90 Å². The fourth-order valence-corrected chi connectivity index (χ4v) is 4.73. The molecule has 0 bridgehead atoms. The molecule has 0 saturated carbocycles. The molecule has 1 aliphatic carbocycles. The van der Waals surface area contributed by atoms with Gasteiger partial charge in [-0.1, -0.05) is 12.2 Å². The number of allylic oxidation sites excluding steroid dienone is 2. The van der Waals surface area contributed by atoms with Crippen molar-refractivity contribution in [3.05, 3.63) is 12.2 Å². The SMILES string of the molecule is O=C(C1CC=CC1)N1CC[C@@H]2O[C@@H](COCC3CCOCC3)CC[C@@H]21. The van der Waals surface area contributed by atoms with E-state index in [1.54, 1.807) is 0 Å². The van der Waals surface area contributed by atoms with Gasteiger partial charge in [0.15, 0.2) is 0 Å². The van der Waals surface area contributed by atoms with Gasteiger partial charge in [-0.2, -0.15) is 0 Å². The first-order valence-electron chi connectivity index (χ1n) is 10.1. The Bertz CT molecular complexity index is 480. The summed E-state index contributed by atoms with van der Waals surface area (Å²) in [5.74, 6) is 1.17. The summed E-state index contributed by atoms with van der Waals surface area (Å²) in [4.78, 5) is 14.8. The highest BCUT2D eigenvalue weighted by Crippen LogP contribution is 2.34. The molecule has 0 aromatic heterocycles.